The first-order chi connectivity index (χ1) is 14.6. The predicted molar refractivity (Wildman–Crippen MR) is 113 cm³/mol. The molecule has 0 aromatic carbocycles. The molecule has 10 heteroatoms. The van der Waals surface area contributed by atoms with Crippen LogP contribution in [0.5, 0.6) is 0 Å². The van der Waals surface area contributed by atoms with E-state index in [1.807, 2.05) is 18.2 Å². The van der Waals surface area contributed by atoms with Gasteiger partial charge in [0.15, 0.2) is 0 Å². The summed E-state index contributed by atoms with van der Waals surface area (Å²) >= 11 is 1.31. The number of anilines is 2. The number of rotatable bonds is 3. The van der Waals surface area contributed by atoms with Gasteiger partial charge in [0, 0.05) is 25.2 Å². The summed E-state index contributed by atoms with van der Waals surface area (Å²) in [6, 6.07) is 12.5. The van der Waals surface area contributed by atoms with Crippen molar-refractivity contribution in [3.63, 3.8) is 0 Å². The molecule has 2 bridgehead atoms. The van der Waals surface area contributed by atoms with Crippen molar-refractivity contribution in [1.82, 2.24) is 14.9 Å². The molecule has 9 nitrogen and oxygen atoms in total. The van der Waals surface area contributed by atoms with Gasteiger partial charge in [0.05, 0.1) is 11.2 Å². The number of nitriles is 1. The molecule has 6 heterocycles. The van der Waals surface area contributed by atoms with Gasteiger partial charge in [-0.2, -0.15) is 5.26 Å². The number of carbonyl (C=O) groups excluding carboxylic acids is 1. The standard InChI is InChI=1S/C19H18N6OS.CH2O2/c20-9-17-15(7-8-27-17)22-19(26)16-5-3-13-4-6-18(23-25(13)16)24-11-12-1-2-14(24)10-21-12;2-1-3/h3-8,12,14,21H,1-2,10-11H2,(H,22,26);1H,(H,2,3)/t12-,14-;/m0./s1. The number of carbonyl (C=O) groups is 2. The Morgan fingerprint density at radius 3 is 2.80 bits per heavy atom. The number of nitrogens with one attached hydrogen (secondary N) is 2. The summed E-state index contributed by atoms with van der Waals surface area (Å²) in [5.41, 5.74) is 1.87. The Morgan fingerprint density at radius 1 is 1.33 bits per heavy atom. The monoisotopic (exact) mass is 424 g/mol. The lowest BCUT2D eigenvalue weighted by atomic mass is 9.93. The third-order valence-corrected chi connectivity index (χ3v) is 6.20. The summed E-state index contributed by atoms with van der Waals surface area (Å²) in [4.78, 5) is 24.0. The van der Waals surface area contributed by atoms with Crippen molar-refractivity contribution in [3.05, 3.63) is 46.3 Å². The van der Waals surface area contributed by atoms with E-state index in [9.17, 15) is 4.79 Å². The van der Waals surface area contributed by atoms with Crippen LogP contribution in [0.1, 0.15) is 28.2 Å². The van der Waals surface area contributed by atoms with Crippen LogP contribution in [-0.2, 0) is 4.79 Å². The number of hydrogen-bond donors (Lipinski definition) is 3. The number of aromatic nitrogens is 2. The number of amides is 1. The van der Waals surface area contributed by atoms with E-state index in [2.05, 4.69) is 21.6 Å². The molecule has 3 aliphatic rings. The summed E-state index contributed by atoms with van der Waals surface area (Å²) in [6.45, 7) is 1.69. The quantitative estimate of drug-likeness (QED) is 0.551. The first-order valence-electron chi connectivity index (χ1n) is 9.50. The van der Waals surface area contributed by atoms with E-state index >= 15 is 0 Å². The van der Waals surface area contributed by atoms with Crippen LogP contribution in [0.25, 0.3) is 5.52 Å². The first kappa shape index (κ1) is 19.9. The normalized spacial score (nSPS) is 19.6. The fraction of sp³-hybridized carbons (Fsp3) is 0.300. The molecule has 3 aliphatic heterocycles. The van der Waals surface area contributed by atoms with Crippen LogP contribution in [0.3, 0.4) is 0 Å². The van der Waals surface area contributed by atoms with Crippen molar-refractivity contribution in [2.75, 3.05) is 23.3 Å². The minimum atomic E-state index is -0.267. The van der Waals surface area contributed by atoms with Gasteiger partial charge < -0.3 is 20.6 Å². The van der Waals surface area contributed by atoms with Crippen molar-refractivity contribution >= 4 is 40.7 Å². The first-order valence-corrected chi connectivity index (χ1v) is 10.4. The molecular formula is C20H20N6O3S. The van der Waals surface area contributed by atoms with E-state index in [-0.39, 0.29) is 12.4 Å². The third-order valence-electron chi connectivity index (χ3n) is 5.38. The van der Waals surface area contributed by atoms with Crippen molar-refractivity contribution in [1.29, 1.82) is 5.26 Å². The maximum Gasteiger partial charge on any atom is 0.290 e. The molecule has 30 heavy (non-hydrogen) atoms. The minimum absolute atomic E-state index is 0.250. The predicted octanol–water partition coefficient (Wildman–Crippen LogP) is 2.16. The van der Waals surface area contributed by atoms with Gasteiger partial charge in [-0.3, -0.25) is 9.59 Å². The highest BCUT2D eigenvalue weighted by molar-refractivity contribution is 7.11. The molecule has 3 aromatic rings. The van der Waals surface area contributed by atoms with Crippen LogP contribution in [0.2, 0.25) is 0 Å². The summed E-state index contributed by atoms with van der Waals surface area (Å²) < 4.78 is 1.69. The van der Waals surface area contributed by atoms with Crippen LogP contribution in [-0.4, -0.2) is 52.3 Å². The van der Waals surface area contributed by atoms with Gasteiger partial charge >= 0.3 is 0 Å². The molecule has 3 saturated heterocycles. The Morgan fingerprint density at radius 2 is 2.13 bits per heavy atom. The average Bonchev–Trinajstić information content (AvgIpc) is 3.41. The van der Waals surface area contributed by atoms with Crippen LogP contribution in [0.4, 0.5) is 11.5 Å². The van der Waals surface area contributed by atoms with E-state index in [1.165, 1.54) is 24.2 Å². The van der Waals surface area contributed by atoms with Crippen molar-refractivity contribution in [3.8, 4) is 6.07 Å². The lowest BCUT2D eigenvalue weighted by Crippen LogP contribution is -2.61. The number of carboxylic acid groups (broad SMARTS) is 1. The molecule has 0 saturated carbocycles. The smallest absolute Gasteiger partial charge is 0.290 e. The number of piperidine rings is 2. The van der Waals surface area contributed by atoms with Gasteiger partial charge in [-0.05, 0) is 48.6 Å². The fourth-order valence-corrected chi connectivity index (χ4v) is 4.61. The van der Waals surface area contributed by atoms with Crippen molar-refractivity contribution in [2.45, 2.75) is 24.9 Å². The number of piperazine rings is 1. The highest BCUT2D eigenvalue weighted by atomic mass is 32.1. The zero-order chi connectivity index (χ0) is 21.1. The summed E-state index contributed by atoms with van der Waals surface area (Å²) in [5.74, 6) is 0.633. The second-order valence-electron chi connectivity index (χ2n) is 7.07. The SMILES string of the molecule is N#Cc1sccc1NC(=O)c1ccc2ccc(N3C[C@@H]4CC[C@H]3CN4)nn12.O=CO. The fourth-order valence-electron chi connectivity index (χ4n) is 3.97. The Bertz CT molecular complexity index is 1110. The molecule has 154 valence electrons. The molecule has 3 N–H and O–H groups in total. The Kier molecular flexibility index (Phi) is 5.65. The van der Waals surface area contributed by atoms with E-state index in [0.29, 0.717) is 28.3 Å². The molecule has 0 radical (unpaired) electrons. The molecular weight excluding hydrogens is 404 g/mol. The van der Waals surface area contributed by atoms with Gasteiger partial charge in [-0.1, -0.05) is 0 Å². The largest absolute Gasteiger partial charge is 0.483 e. The summed E-state index contributed by atoms with van der Waals surface area (Å²) in [7, 11) is 0. The molecule has 6 rings (SSSR count). The minimum Gasteiger partial charge on any atom is -0.483 e. The maximum absolute atomic E-state index is 12.8. The summed E-state index contributed by atoms with van der Waals surface area (Å²) in [6.07, 6.45) is 2.38. The zero-order valence-corrected chi connectivity index (χ0v) is 16.8. The lowest BCUT2D eigenvalue weighted by Gasteiger charge is -2.46. The highest BCUT2D eigenvalue weighted by Gasteiger charge is 2.34. The Hall–Kier alpha value is -3.42. The molecule has 2 atom stereocenters. The van der Waals surface area contributed by atoms with E-state index in [0.717, 1.165) is 24.4 Å². The van der Waals surface area contributed by atoms with Crippen molar-refractivity contribution < 1.29 is 14.7 Å². The van der Waals surface area contributed by atoms with Gasteiger partial charge in [-0.15, -0.1) is 16.4 Å². The maximum atomic E-state index is 12.8. The number of hydrogen-bond acceptors (Lipinski definition) is 7. The Balaban J connectivity index is 0.000000687. The zero-order valence-electron chi connectivity index (χ0n) is 16.0. The highest BCUT2D eigenvalue weighted by Crippen LogP contribution is 2.27. The van der Waals surface area contributed by atoms with Crippen LogP contribution >= 0.6 is 11.3 Å². The Labute approximate surface area is 176 Å². The van der Waals surface area contributed by atoms with Crippen LogP contribution in [0, 0.1) is 11.3 Å². The van der Waals surface area contributed by atoms with Crippen LogP contribution in [0.15, 0.2) is 35.7 Å². The second-order valence-corrected chi connectivity index (χ2v) is 7.99. The molecule has 0 unspecified atom stereocenters. The topological polar surface area (TPSA) is 123 Å². The average molecular weight is 424 g/mol. The molecule has 0 spiro atoms. The van der Waals surface area contributed by atoms with Crippen LogP contribution < -0.4 is 15.5 Å². The molecule has 0 aliphatic carbocycles. The van der Waals surface area contributed by atoms with Gasteiger partial charge in [-0.25, -0.2) is 4.52 Å². The van der Waals surface area contributed by atoms with Gasteiger partial charge in [0.2, 0.25) is 0 Å². The van der Waals surface area contributed by atoms with E-state index < -0.39 is 0 Å². The van der Waals surface area contributed by atoms with Crippen molar-refractivity contribution in [2.24, 2.45) is 0 Å². The molecule has 3 fully saturated rings. The lowest BCUT2D eigenvalue weighted by molar-refractivity contribution is -0.122. The second kappa shape index (κ2) is 8.52. The molecule has 3 aromatic heterocycles. The van der Waals surface area contributed by atoms with E-state index in [1.54, 1.807) is 22.0 Å². The number of fused-ring (bicyclic) bond motifs is 4. The van der Waals surface area contributed by atoms with Gasteiger partial charge in [0.25, 0.3) is 12.4 Å². The number of nitrogens with zero attached hydrogens (tertiary/aromatic N) is 4. The summed E-state index contributed by atoms with van der Waals surface area (Å²) in [5, 5.41) is 29.0. The number of thiophene rings is 1. The van der Waals surface area contributed by atoms with E-state index in [4.69, 9.17) is 20.3 Å². The van der Waals surface area contributed by atoms with Gasteiger partial charge in [0.1, 0.15) is 22.5 Å². The molecule has 1 amide bonds. The third kappa shape index (κ3) is 3.72.